The number of rotatable bonds is 2. The summed E-state index contributed by atoms with van der Waals surface area (Å²) in [6.07, 6.45) is 0. The maximum Gasteiger partial charge on any atom is 0.124 e. The molecule has 0 amide bonds. The third kappa shape index (κ3) is 3.37. The third-order valence-electron chi connectivity index (χ3n) is 1.76. The minimum absolute atomic E-state index is 0. The smallest absolute Gasteiger partial charge is 0.124 e. The second-order valence-corrected chi connectivity index (χ2v) is 2.83. The first-order valence-corrected chi connectivity index (χ1v) is 4.27. The number of aromatic hydroxyl groups is 1. The van der Waals surface area contributed by atoms with Crippen LogP contribution < -0.4 is 4.74 Å². The van der Waals surface area contributed by atoms with Crippen molar-refractivity contribution in [3.05, 3.63) is 54.6 Å². The Morgan fingerprint density at radius 3 is 2.00 bits per heavy atom. The molecule has 0 saturated carbocycles. The van der Waals surface area contributed by atoms with Crippen LogP contribution in [-0.4, -0.2) is 5.11 Å². The molecule has 2 nitrogen and oxygen atoms in total. The Hall–Kier alpha value is -1.34. The first kappa shape index (κ1) is 11.7. The fourth-order valence-electron chi connectivity index (χ4n) is 1.09. The van der Waals surface area contributed by atoms with Gasteiger partial charge in [0.05, 0.1) is 0 Å². The van der Waals surface area contributed by atoms with Gasteiger partial charge in [0.1, 0.15) is 11.5 Å². The van der Waals surface area contributed by atoms with Crippen molar-refractivity contribution < 1.29 is 29.3 Å². The molecule has 0 saturated heterocycles. The molecule has 0 aliphatic heterocycles. The Labute approximate surface area is 101 Å². The van der Waals surface area contributed by atoms with E-state index in [2.05, 4.69) is 6.07 Å². The van der Waals surface area contributed by atoms with E-state index in [1.54, 1.807) is 36.4 Å². The molecule has 0 spiro atoms. The Morgan fingerprint density at radius 1 is 0.867 bits per heavy atom. The van der Waals surface area contributed by atoms with Crippen molar-refractivity contribution in [1.82, 2.24) is 0 Å². The molecule has 2 aromatic rings. The second-order valence-electron chi connectivity index (χ2n) is 2.83. The fourth-order valence-corrected chi connectivity index (χ4v) is 1.09. The number of phenolic OH excluding ortho intramolecular Hbond substituents is 1. The summed E-state index contributed by atoms with van der Waals surface area (Å²) in [5.41, 5.74) is 0. The summed E-state index contributed by atoms with van der Waals surface area (Å²) in [6.45, 7) is 0. The number of hydrogen-bond donors (Lipinski definition) is 1. The van der Waals surface area contributed by atoms with Gasteiger partial charge in [-0.1, -0.05) is 0 Å². The van der Waals surface area contributed by atoms with E-state index < -0.39 is 0 Å². The molecule has 1 N–H and O–H groups in total. The van der Waals surface area contributed by atoms with E-state index in [1.165, 1.54) is 0 Å². The van der Waals surface area contributed by atoms with Crippen molar-refractivity contribution >= 4 is 0 Å². The van der Waals surface area contributed by atoms with Crippen LogP contribution in [0.3, 0.4) is 0 Å². The Bertz CT molecular complexity index is 398. The summed E-state index contributed by atoms with van der Waals surface area (Å²) in [5, 5.41) is 9.06. The molecule has 0 heterocycles. The van der Waals surface area contributed by atoms with Crippen LogP contribution in [0.15, 0.2) is 48.5 Å². The molecule has 0 unspecified atom stereocenters. The molecular formula is C12H9O2Zn-. The van der Waals surface area contributed by atoms with Crippen LogP contribution in [0, 0.1) is 6.07 Å². The first-order valence-electron chi connectivity index (χ1n) is 4.27. The molecule has 0 bridgehead atoms. The molecule has 72 valence electrons. The molecular weight excluding hydrogens is 242 g/mol. The van der Waals surface area contributed by atoms with Crippen LogP contribution >= 0.6 is 0 Å². The number of phenols is 1. The molecule has 15 heavy (non-hydrogen) atoms. The fraction of sp³-hybridized carbons (Fsp3) is 0. The van der Waals surface area contributed by atoms with Gasteiger partial charge in [-0.25, -0.2) is 0 Å². The zero-order valence-corrected chi connectivity index (χ0v) is 11.1. The molecule has 0 fully saturated rings. The van der Waals surface area contributed by atoms with Gasteiger partial charge in [0.25, 0.3) is 0 Å². The summed E-state index contributed by atoms with van der Waals surface area (Å²) in [5.74, 6) is 1.70. The van der Waals surface area contributed by atoms with Crippen molar-refractivity contribution in [3.63, 3.8) is 0 Å². The van der Waals surface area contributed by atoms with Crippen molar-refractivity contribution in [2.45, 2.75) is 0 Å². The van der Waals surface area contributed by atoms with Crippen LogP contribution in [-0.2, 0) is 19.5 Å². The summed E-state index contributed by atoms with van der Waals surface area (Å²) >= 11 is 0. The number of ether oxygens (including phenoxy) is 1. The molecule has 2 aromatic carbocycles. The summed E-state index contributed by atoms with van der Waals surface area (Å²) < 4.78 is 5.50. The van der Waals surface area contributed by atoms with Crippen molar-refractivity contribution in [2.75, 3.05) is 0 Å². The maximum atomic E-state index is 9.06. The van der Waals surface area contributed by atoms with E-state index in [0.29, 0.717) is 5.75 Å². The zero-order chi connectivity index (χ0) is 9.80. The average Bonchev–Trinajstić information content (AvgIpc) is 2.23. The first-order chi connectivity index (χ1) is 6.84. The van der Waals surface area contributed by atoms with E-state index in [-0.39, 0.29) is 25.2 Å². The van der Waals surface area contributed by atoms with Crippen LogP contribution in [0.4, 0.5) is 0 Å². The second kappa shape index (κ2) is 5.52. The van der Waals surface area contributed by atoms with E-state index >= 15 is 0 Å². The number of benzene rings is 2. The molecule has 0 aromatic heterocycles. The van der Waals surface area contributed by atoms with Gasteiger partial charge in [-0.15, -0.1) is 12.1 Å². The van der Waals surface area contributed by atoms with E-state index in [1.807, 2.05) is 12.1 Å². The Morgan fingerprint density at radius 2 is 1.40 bits per heavy atom. The average molecular weight is 251 g/mol. The van der Waals surface area contributed by atoms with Gasteiger partial charge in [-0.3, -0.25) is 0 Å². The van der Waals surface area contributed by atoms with Crippen LogP contribution in [0.5, 0.6) is 17.2 Å². The monoisotopic (exact) mass is 249 g/mol. The summed E-state index contributed by atoms with van der Waals surface area (Å²) in [7, 11) is 0. The topological polar surface area (TPSA) is 29.5 Å². The van der Waals surface area contributed by atoms with Crippen LogP contribution in [0.1, 0.15) is 0 Å². The normalized spacial score (nSPS) is 9.07. The van der Waals surface area contributed by atoms with Gasteiger partial charge in [0, 0.05) is 25.2 Å². The van der Waals surface area contributed by atoms with Crippen LogP contribution in [0.2, 0.25) is 0 Å². The van der Waals surface area contributed by atoms with Gasteiger partial charge < -0.3 is 9.84 Å². The number of hydrogen-bond acceptors (Lipinski definition) is 2. The molecule has 0 radical (unpaired) electrons. The Balaban J connectivity index is 0.00000112. The van der Waals surface area contributed by atoms with Gasteiger partial charge >= 0.3 is 0 Å². The van der Waals surface area contributed by atoms with Gasteiger partial charge in [-0.2, -0.15) is 18.2 Å². The maximum absolute atomic E-state index is 9.06. The SMILES string of the molecule is Oc1ccc(Oc2cc[c-]cc2)cc1.[Zn]. The minimum atomic E-state index is 0. The van der Waals surface area contributed by atoms with Crippen LogP contribution in [0.25, 0.3) is 0 Å². The van der Waals surface area contributed by atoms with Gasteiger partial charge in [0.2, 0.25) is 0 Å². The van der Waals surface area contributed by atoms with E-state index in [4.69, 9.17) is 9.84 Å². The molecule has 2 rings (SSSR count). The predicted octanol–water partition coefficient (Wildman–Crippen LogP) is 2.98. The Kier molecular flexibility index (Phi) is 4.32. The largest absolute Gasteiger partial charge is 0.508 e. The van der Waals surface area contributed by atoms with Crippen molar-refractivity contribution in [3.8, 4) is 17.2 Å². The minimum Gasteiger partial charge on any atom is -0.508 e. The third-order valence-corrected chi connectivity index (χ3v) is 1.76. The molecule has 0 aliphatic carbocycles. The quantitative estimate of drug-likeness (QED) is 0.656. The van der Waals surface area contributed by atoms with E-state index in [0.717, 1.165) is 5.75 Å². The predicted molar refractivity (Wildman–Crippen MR) is 53.5 cm³/mol. The summed E-state index contributed by atoms with van der Waals surface area (Å²) in [6, 6.07) is 16.7. The molecule has 0 atom stereocenters. The molecule has 3 heteroatoms. The summed E-state index contributed by atoms with van der Waals surface area (Å²) in [4.78, 5) is 0. The standard InChI is InChI=1S/C12H9O2.Zn/c13-10-6-8-12(9-7-10)14-11-4-2-1-3-5-11;/h2-9,13H;/q-1;. The van der Waals surface area contributed by atoms with Crippen molar-refractivity contribution in [1.29, 1.82) is 0 Å². The molecule has 0 aliphatic rings. The van der Waals surface area contributed by atoms with Gasteiger partial charge in [0.15, 0.2) is 0 Å². The van der Waals surface area contributed by atoms with Gasteiger partial charge in [-0.05, 0) is 24.3 Å². The van der Waals surface area contributed by atoms with E-state index in [9.17, 15) is 0 Å². The van der Waals surface area contributed by atoms with Crippen molar-refractivity contribution in [2.24, 2.45) is 0 Å². The zero-order valence-electron chi connectivity index (χ0n) is 8.18.